The van der Waals surface area contributed by atoms with E-state index >= 15 is 0 Å². The number of hydrogen-bond acceptors (Lipinski definition) is 4. The van der Waals surface area contributed by atoms with E-state index in [1.807, 2.05) is 57.2 Å². The number of carbonyl (C=O) groups excluding carboxylic acids is 1. The van der Waals surface area contributed by atoms with Crippen molar-refractivity contribution in [3.05, 3.63) is 119 Å². The SMILES string of the molecule is C=C1C[C@@H](O)CC(C)(C)[C@@]1(O)CC(=O)/C(C)=C/C=C/C(C)=C/C=C/C=C(C)/C=C/C=C(C)/C=C/[C@H]1C(C)=C[C@H](O)CC1(C)C. The number of hydrogen-bond donors (Lipinski definition) is 3. The first kappa shape index (κ1) is 37.1. The highest BCUT2D eigenvalue weighted by Crippen LogP contribution is 2.48. The first-order chi connectivity index (χ1) is 20.4. The van der Waals surface area contributed by atoms with Crippen molar-refractivity contribution in [1.82, 2.24) is 0 Å². The van der Waals surface area contributed by atoms with Gasteiger partial charge in [-0.05, 0) is 70.4 Å². The van der Waals surface area contributed by atoms with Crippen molar-refractivity contribution >= 4 is 5.78 Å². The maximum absolute atomic E-state index is 12.9. The maximum atomic E-state index is 12.9. The first-order valence-corrected chi connectivity index (χ1v) is 15.8. The van der Waals surface area contributed by atoms with E-state index in [0.717, 1.165) is 17.6 Å². The van der Waals surface area contributed by atoms with Crippen molar-refractivity contribution in [2.75, 3.05) is 0 Å². The fourth-order valence-electron chi connectivity index (χ4n) is 6.28. The second-order valence-corrected chi connectivity index (χ2v) is 14.2. The number of Topliss-reactive ketones (excluding diaryl/α,β-unsaturated/α-hetero) is 1. The first-order valence-electron chi connectivity index (χ1n) is 15.8. The summed E-state index contributed by atoms with van der Waals surface area (Å²) >= 11 is 0. The smallest absolute Gasteiger partial charge is 0.161 e. The van der Waals surface area contributed by atoms with Gasteiger partial charge in [0.25, 0.3) is 0 Å². The molecule has 0 aromatic carbocycles. The van der Waals surface area contributed by atoms with Gasteiger partial charge < -0.3 is 15.3 Å². The average Bonchev–Trinajstić information content (AvgIpc) is 2.88. The predicted molar refractivity (Wildman–Crippen MR) is 186 cm³/mol. The van der Waals surface area contributed by atoms with Crippen LogP contribution < -0.4 is 0 Å². The number of ketones is 1. The summed E-state index contributed by atoms with van der Waals surface area (Å²) in [7, 11) is 0. The summed E-state index contributed by atoms with van der Waals surface area (Å²) in [5.74, 6) is 0.198. The van der Waals surface area contributed by atoms with E-state index in [9.17, 15) is 20.1 Å². The van der Waals surface area contributed by atoms with Gasteiger partial charge in [-0.2, -0.15) is 0 Å². The molecule has 240 valence electrons. The van der Waals surface area contributed by atoms with Crippen molar-refractivity contribution in [3.63, 3.8) is 0 Å². The van der Waals surface area contributed by atoms with Crippen LogP contribution >= 0.6 is 0 Å². The lowest BCUT2D eigenvalue weighted by Gasteiger charge is -2.49. The van der Waals surface area contributed by atoms with Crippen LogP contribution in [0.1, 0.15) is 88.0 Å². The Labute approximate surface area is 267 Å². The van der Waals surface area contributed by atoms with Gasteiger partial charge in [-0.3, -0.25) is 4.79 Å². The highest BCUT2D eigenvalue weighted by atomic mass is 16.3. The van der Waals surface area contributed by atoms with Gasteiger partial charge in [0.2, 0.25) is 0 Å². The van der Waals surface area contributed by atoms with Crippen LogP contribution in [0, 0.1) is 16.7 Å². The molecule has 3 N–H and O–H groups in total. The van der Waals surface area contributed by atoms with Crippen molar-refractivity contribution in [1.29, 1.82) is 0 Å². The van der Waals surface area contributed by atoms with Crippen molar-refractivity contribution in [3.8, 4) is 0 Å². The van der Waals surface area contributed by atoms with Gasteiger partial charge in [-0.25, -0.2) is 0 Å². The Morgan fingerprint density at radius 3 is 1.93 bits per heavy atom. The summed E-state index contributed by atoms with van der Waals surface area (Å²) in [5, 5.41) is 31.5. The zero-order valence-corrected chi connectivity index (χ0v) is 28.5. The van der Waals surface area contributed by atoms with E-state index in [4.69, 9.17) is 0 Å². The van der Waals surface area contributed by atoms with Crippen LogP contribution in [0.2, 0.25) is 0 Å². The van der Waals surface area contributed by atoms with E-state index in [1.165, 1.54) is 11.1 Å². The number of aliphatic hydroxyl groups is 3. The van der Waals surface area contributed by atoms with Gasteiger partial charge >= 0.3 is 0 Å². The topological polar surface area (TPSA) is 77.8 Å². The fourth-order valence-corrected chi connectivity index (χ4v) is 6.28. The molecule has 0 aromatic heterocycles. The summed E-state index contributed by atoms with van der Waals surface area (Å²) in [6.45, 7) is 22.2. The standard InChI is InChI=1S/C40H56O4/c1-28(17-13-18-30(3)21-22-36-32(5)23-34(41)25-38(36,7)8)15-11-12-16-29(2)19-14-20-31(4)37(43)27-40(44)33(6)24-35(42)26-39(40,9)10/h11-23,34-36,41-42,44H,6,24-27H2,1-5,7-10H3/b12-11+,17-13+,19-14+,22-21+,28-15+,29-16+,30-18+,31-20+/t34-,35+,36-,40+/m0/s1. The summed E-state index contributed by atoms with van der Waals surface area (Å²) in [4.78, 5) is 12.9. The molecule has 0 bridgehead atoms. The largest absolute Gasteiger partial charge is 0.393 e. The predicted octanol–water partition coefficient (Wildman–Crippen LogP) is 8.78. The Bertz CT molecular complexity index is 1330. The summed E-state index contributed by atoms with van der Waals surface area (Å²) in [5.41, 5.74) is 3.75. The van der Waals surface area contributed by atoms with Crippen molar-refractivity contribution in [2.24, 2.45) is 16.7 Å². The third-order valence-electron chi connectivity index (χ3n) is 9.12. The van der Waals surface area contributed by atoms with Gasteiger partial charge in [-0.1, -0.05) is 136 Å². The van der Waals surface area contributed by atoms with Crippen molar-refractivity contribution in [2.45, 2.75) is 106 Å². The third-order valence-corrected chi connectivity index (χ3v) is 9.12. The number of allylic oxidation sites excluding steroid dienone is 17. The highest BCUT2D eigenvalue weighted by molar-refractivity contribution is 5.96. The second-order valence-electron chi connectivity index (χ2n) is 14.2. The molecule has 4 atom stereocenters. The van der Waals surface area contributed by atoms with Gasteiger partial charge in [-0.15, -0.1) is 0 Å². The second kappa shape index (κ2) is 15.8. The van der Waals surface area contributed by atoms with E-state index in [2.05, 4.69) is 77.7 Å². The molecule has 1 saturated carbocycles. The normalized spacial score (nSPS) is 29.0. The van der Waals surface area contributed by atoms with E-state index in [0.29, 0.717) is 29.9 Å². The zero-order valence-electron chi connectivity index (χ0n) is 28.5. The summed E-state index contributed by atoms with van der Waals surface area (Å²) in [6.07, 6.45) is 26.9. The van der Waals surface area contributed by atoms with Crippen LogP contribution in [0.25, 0.3) is 0 Å². The fraction of sp³-hybridized carbons (Fsp3) is 0.475. The minimum absolute atomic E-state index is 0.0344. The summed E-state index contributed by atoms with van der Waals surface area (Å²) in [6, 6.07) is 0. The molecule has 0 spiro atoms. The molecule has 0 saturated heterocycles. The average molecular weight is 601 g/mol. The summed E-state index contributed by atoms with van der Waals surface area (Å²) < 4.78 is 0. The Hall–Kier alpha value is -3.05. The minimum Gasteiger partial charge on any atom is -0.393 e. The number of rotatable bonds is 11. The van der Waals surface area contributed by atoms with Crippen molar-refractivity contribution < 1.29 is 20.1 Å². The maximum Gasteiger partial charge on any atom is 0.161 e. The van der Waals surface area contributed by atoms with E-state index < -0.39 is 17.1 Å². The molecule has 2 aliphatic carbocycles. The van der Waals surface area contributed by atoms with Crippen LogP contribution in [0.4, 0.5) is 0 Å². The lowest BCUT2D eigenvalue weighted by molar-refractivity contribution is -0.130. The Balaban J connectivity index is 1.91. The Morgan fingerprint density at radius 2 is 1.39 bits per heavy atom. The van der Waals surface area contributed by atoms with Crippen LogP contribution in [0.5, 0.6) is 0 Å². The Kier molecular flexibility index (Phi) is 13.3. The lowest BCUT2D eigenvalue weighted by atomic mass is 9.60. The van der Waals surface area contributed by atoms with Gasteiger partial charge in [0.05, 0.1) is 17.8 Å². The molecule has 0 amide bonds. The number of aliphatic hydroxyl groups excluding tert-OH is 2. The third kappa shape index (κ3) is 10.5. The molecule has 0 unspecified atom stereocenters. The zero-order chi connectivity index (χ0) is 33.3. The Morgan fingerprint density at radius 1 is 0.864 bits per heavy atom. The molecule has 4 nitrogen and oxygen atoms in total. The molecule has 0 aliphatic heterocycles. The molecule has 1 fully saturated rings. The molecular formula is C40H56O4. The monoisotopic (exact) mass is 600 g/mol. The molecule has 2 rings (SSSR count). The molecule has 0 radical (unpaired) electrons. The van der Waals surface area contributed by atoms with Crippen LogP contribution in [-0.2, 0) is 4.79 Å². The van der Waals surface area contributed by atoms with Crippen LogP contribution in [-0.4, -0.2) is 38.9 Å². The highest BCUT2D eigenvalue weighted by Gasteiger charge is 2.51. The lowest BCUT2D eigenvalue weighted by Crippen LogP contribution is -2.53. The molecule has 0 heterocycles. The quantitative estimate of drug-likeness (QED) is 0.126. The molecule has 0 aromatic rings. The molecule has 2 aliphatic rings. The van der Waals surface area contributed by atoms with Gasteiger partial charge in [0.1, 0.15) is 0 Å². The van der Waals surface area contributed by atoms with E-state index in [1.54, 1.807) is 13.0 Å². The van der Waals surface area contributed by atoms with Gasteiger partial charge in [0.15, 0.2) is 5.78 Å². The van der Waals surface area contributed by atoms with E-state index in [-0.39, 0.29) is 23.7 Å². The molecule has 44 heavy (non-hydrogen) atoms. The molecule has 4 heteroatoms. The molecular weight excluding hydrogens is 544 g/mol. The minimum atomic E-state index is -1.33. The number of carbonyl (C=O) groups is 1. The van der Waals surface area contributed by atoms with Gasteiger partial charge in [0, 0.05) is 17.8 Å². The van der Waals surface area contributed by atoms with Crippen LogP contribution in [0.15, 0.2) is 119 Å². The van der Waals surface area contributed by atoms with Crippen LogP contribution in [0.3, 0.4) is 0 Å².